The van der Waals surface area contributed by atoms with E-state index in [0.29, 0.717) is 16.6 Å². The zero-order chi connectivity index (χ0) is 23.5. The van der Waals surface area contributed by atoms with E-state index in [0.717, 1.165) is 10.8 Å². The molecule has 0 saturated heterocycles. The Morgan fingerprint density at radius 3 is 2.62 bits per heavy atom. The van der Waals surface area contributed by atoms with E-state index >= 15 is 0 Å². The van der Waals surface area contributed by atoms with E-state index in [1.165, 1.54) is 18.3 Å². The van der Waals surface area contributed by atoms with Gasteiger partial charge in [0.15, 0.2) is 0 Å². The largest absolute Gasteiger partial charge is 0.406 e. The van der Waals surface area contributed by atoms with Gasteiger partial charge in [0.25, 0.3) is 5.91 Å². The SMILES string of the molecule is NC(=O)c1cnc(NCC(N)CC(F)F)nc1Nc1cccc2c1ccn2CC(F)(F)F. The predicted molar refractivity (Wildman–Crippen MR) is 109 cm³/mol. The van der Waals surface area contributed by atoms with E-state index in [9.17, 15) is 26.7 Å². The van der Waals surface area contributed by atoms with Crippen LogP contribution in [0.2, 0.25) is 0 Å². The maximum absolute atomic E-state index is 12.8. The Balaban J connectivity index is 1.88. The van der Waals surface area contributed by atoms with E-state index in [1.54, 1.807) is 12.1 Å². The molecule has 8 nitrogen and oxygen atoms in total. The van der Waals surface area contributed by atoms with Crippen LogP contribution < -0.4 is 22.1 Å². The normalized spacial score (nSPS) is 12.8. The smallest absolute Gasteiger partial charge is 0.365 e. The van der Waals surface area contributed by atoms with Crippen molar-refractivity contribution in [2.45, 2.75) is 31.6 Å². The van der Waals surface area contributed by atoms with Crippen LogP contribution in [0.5, 0.6) is 0 Å². The summed E-state index contributed by atoms with van der Waals surface area (Å²) in [5.41, 5.74) is 11.6. The van der Waals surface area contributed by atoms with Crippen LogP contribution in [0.3, 0.4) is 0 Å². The number of benzene rings is 1. The fourth-order valence-electron chi connectivity index (χ4n) is 3.07. The molecule has 3 rings (SSSR count). The van der Waals surface area contributed by atoms with Crippen LogP contribution in [0.1, 0.15) is 16.8 Å². The highest BCUT2D eigenvalue weighted by Gasteiger charge is 2.28. The molecule has 0 radical (unpaired) electrons. The molecule has 0 spiro atoms. The van der Waals surface area contributed by atoms with Crippen molar-refractivity contribution >= 4 is 34.3 Å². The summed E-state index contributed by atoms with van der Waals surface area (Å²) < 4.78 is 64.3. The first-order valence-electron chi connectivity index (χ1n) is 9.39. The minimum atomic E-state index is -4.40. The summed E-state index contributed by atoms with van der Waals surface area (Å²) in [6.07, 6.45) is -5.03. The van der Waals surface area contributed by atoms with Crippen LogP contribution in [0.25, 0.3) is 10.9 Å². The number of aromatic nitrogens is 3. The number of anilines is 3. The number of hydrogen-bond acceptors (Lipinski definition) is 6. The van der Waals surface area contributed by atoms with Gasteiger partial charge in [0.2, 0.25) is 12.4 Å². The van der Waals surface area contributed by atoms with Gasteiger partial charge in [0, 0.05) is 42.5 Å². The van der Waals surface area contributed by atoms with E-state index in [2.05, 4.69) is 20.6 Å². The molecule has 2 heterocycles. The number of nitrogens with zero attached hydrogens (tertiary/aromatic N) is 3. The molecule has 172 valence electrons. The zero-order valence-electron chi connectivity index (χ0n) is 16.5. The molecule has 1 atom stereocenters. The first-order valence-corrected chi connectivity index (χ1v) is 9.39. The number of fused-ring (bicyclic) bond motifs is 1. The van der Waals surface area contributed by atoms with Gasteiger partial charge in [-0.1, -0.05) is 6.07 Å². The number of rotatable bonds is 9. The first-order chi connectivity index (χ1) is 15.0. The highest BCUT2D eigenvalue weighted by Crippen LogP contribution is 2.30. The van der Waals surface area contributed by atoms with Crippen LogP contribution in [0.15, 0.2) is 36.7 Å². The Kier molecular flexibility index (Phi) is 6.77. The molecule has 0 aliphatic carbocycles. The minimum Gasteiger partial charge on any atom is -0.365 e. The molecular formula is C19H20F5N7O. The lowest BCUT2D eigenvalue weighted by atomic mass is 10.2. The molecule has 0 aliphatic rings. The summed E-state index contributed by atoms with van der Waals surface area (Å²) in [7, 11) is 0. The highest BCUT2D eigenvalue weighted by atomic mass is 19.4. The third kappa shape index (κ3) is 5.81. The van der Waals surface area contributed by atoms with Gasteiger partial charge in [-0.15, -0.1) is 0 Å². The number of carbonyl (C=O) groups excluding carboxylic acids is 1. The van der Waals surface area contributed by atoms with Crippen molar-refractivity contribution in [1.29, 1.82) is 0 Å². The third-order valence-electron chi connectivity index (χ3n) is 4.47. The van der Waals surface area contributed by atoms with Crippen molar-refractivity contribution in [2.24, 2.45) is 11.5 Å². The van der Waals surface area contributed by atoms with Gasteiger partial charge in [-0.05, 0) is 18.2 Å². The average Bonchev–Trinajstić information content (AvgIpc) is 3.08. The van der Waals surface area contributed by atoms with Crippen molar-refractivity contribution in [3.05, 3.63) is 42.2 Å². The quantitative estimate of drug-likeness (QED) is 0.366. The van der Waals surface area contributed by atoms with E-state index in [4.69, 9.17) is 11.5 Å². The summed E-state index contributed by atoms with van der Waals surface area (Å²) in [6.45, 7) is -1.21. The van der Waals surface area contributed by atoms with E-state index in [1.807, 2.05) is 0 Å². The van der Waals surface area contributed by atoms with Gasteiger partial charge in [-0.25, -0.2) is 13.8 Å². The maximum Gasteiger partial charge on any atom is 0.406 e. The standard InChI is InChI=1S/C19H20F5N7O/c20-15(21)6-10(25)7-27-18-28-8-12(16(26)32)17(30-18)29-13-2-1-3-14-11(13)4-5-31(14)9-19(22,23)24/h1-5,8,10,15H,6-7,9,25H2,(H2,26,32)(H2,27,28,29,30). The van der Waals surface area contributed by atoms with Gasteiger partial charge < -0.3 is 26.7 Å². The van der Waals surface area contributed by atoms with Crippen molar-refractivity contribution in [3.8, 4) is 0 Å². The summed E-state index contributed by atoms with van der Waals surface area (Å²) in [5, 5.41) is 6.06. The third-order valence-corrected chi connectivity index (χ3v) is 4.47. The van der Waals surface area contributed by atoms with Crippen molar-refractivity contribution in [1.82, 2.24) is 14.5 Å². The van der Waals surface area contributed by atoms with Crippen molar-refractivity contribution in [2.75, 3.05) is 17.2 Å². The number of primary amides is 1. The van der Waals surface area contributed by atoms with Crippen LogP contribution in [-0.4, -0.2) is 45.6 Å². The van der Waals surface area contributed by atoms with Gasteiger partial charge in [-0.2, -0.15) is 18.2 Å². The number of halogens is 5. The molecule has 32 heavy (non-hydrogen) atoms. The Labute approximate surface area is 178 Å². The molecule has 0 aliphatic heterocycles. The molecule has 1 amide bonds. The number of amides is 1. The maximum atomic E-state index is 12.8. The minimum absolute atomic E-state index is 0.00373. The molecule has 1 unspecified atom stereocenters. The predicted octanol–water partition coefficient (Wildman–Crippen LogP) is 3.23. The fourth-order valence-corrected chi connectivity index (χ4v) is 3.07. The molecular weight excluding hydrogens is 437 g/mol. The summed E-state index contributed by atoms with van der Waals surface area (Å²) >= 11 is 0. The lowest BCUT2D eigenvalue weighted by Crippen LogP contribution is -2.31. The Morgan fingerprint density at radius 2 is 1.97 bits per heavy atom. The van der Waals surface area contributed by atoms with Gasteiger partial charge >= 0.3 is 6.18 Å². The summed E-state index contributed by atoms with van der Waals surface area (Å²) in [4.78, 5) is 19.9. The average molecular weight is 457 g/mol. The Hall–Kier alpha value is -3.48. The van der Waals surface area contributed by atoms with Crippen LogP contribution in [0, 0.1) is 0 Å². The molecule has 2 aromatic heterocycles. The van der Waals surface area contributed by atoms with Gasteiger partial charge in [0.1, 0.15) is 17.9 Å². The van der Waals surface area contributed by atoms with E-state index < -0.39 is 37.5 Å². The second kappa shape index (κ2) is 9.34. The van der Waals surface area contributed by atoms with Gasteiger partial charge in [-0.3, -0.25) is 4.79 Å². The molecule has 0 fully saturated rings. The number of hydrogen-bond donors (Lipinski definition) is 4. The monoisotopic (exact) mass is 457 g/mol. The number of alkyl halides is 5. The number of carbonyl (C=O) groups is 1. The van der Waals surface area contributed by atoms with Crippen LogP contribution in [0.4, 0.5) is 39.4 Å². The van der Waals surface area contributed by atoms with Crippen molar-refractivity contribution < 1.29 is 26.7 Å². The van der Waals surface area contributed by atoms with Crippen LogP contribution in [-0.2, 0) is 6.54 Å². The Morgan fingerprint density at radius 1 is 1.22 bits per heavy atom. The van der Waals surface area contributed by atoms with E-state index in [-0.39, 0.29) is 23.9 Å². The molecule has 6 N–H and O–H groups in total. The lowest BCUT2D eigenvalue weighted by molar-refractivity contribution is -0.139. The number of nitrogens with one attached hydrogen (secondary N) is 2. The van der Waals surface area contributed by atoms with Gasteiger partial charge in [0.05, 0.1) is 5.52 Å². The lowest BCUT2D eigenvalue weighted by Gasteiger charge is -2.15. The zero-order valence-corrected chi connectivity index (χ0v) is 16.5. The highest BCUT2D eigenvalue weighted by molar-refractivity contribution is 6.00. The first kappa shape index (κ1) is 23.2. The summed E-state index contributed by atoms with van der Waals surface area (Å²) in [5.74, 6) is -0.840. The fraction of sp³-hybridized carbons (Fsp3) is 0.316. The molecule has 3 aromatic rings. The topological polar surface area (TPSA) is 124 Å². The molecule has 0 saturated carbocycles. The van der Waals surface area contributed by atoms with Crippen LogP contribution >= 0.6 is 0 Å². The second-order valence-corrected chi connectivity index (χ2v) is 7.01. The van der Waals surface area contributed by atoms with Crippen molar-refractivity contribution in [3.63, 3.8) is 0 Å². The number of nitrogens with two attached hydrogens (primary N) is 2. The Bertz CT molecular complexity index is 1100. The molecule has 0 bridgehead atoms. The second-order valence-electron chi connectivity index (χ2n) is 7.01. The molecule has 13 heteroatoms. The summed E-state index contributed by atoms with van der Waals surface area (Å²) in [6, 6.07) is 5.31. The molecule has 1 aromatic carbocycles.